The first-order valence-corrected chi connectivity index (χ1v) is 15.3. The summed E-state index contributed by atoms with van der Waals surface area (Å²) in [5.74, 6) is 1.68. The maximum atomic E-state index is 10.7. The molecule has 2 aromatic carbocycles. The number of nitrogens with two attached hydrogens (primary N) is 1. The minimum atomic E-state index is -0.476. The summed E-state index contributed by atoms with van der Waals surface area (Å²) in [4.78, 5) is 31.3. The van der Waals surface area contributed by atoms with Gasteiger partial charge >= 0.3 is 103 Å². The Balaban J connectivity index is -0.000000168. The quantitative estimate of drug-likeness (QED) is 0.0557. The SMILES string of the molecule is CCCCC(CC)CBr.CCCCC(CC)CCc1cccc([N+](=O)[O-])c1.Nc1cccc([N+](=O)[O-])c1.O=CO[O-].[H-].[K+].[K+]. The number of non-ortho nitro benzene ring substituents is 2. The number of hydrogen-bond acceptors (Lipinski definition) is 8. The van der Waals surface area contributed by atoms with Crippen LogP contribution in [0.2, 0.25) is 0 Å². The van der Waals surface area contributed by atoms with E-state index in [2.05, 4.69) is 48.5 Å². The number of nitro groups is 2. The van der Waals surface area contributed by atoms with Crippen LogP contribution in [0.15, 0.2) is 48.5 Å². The fraction of sp³-hybridized carbons (Fsp3) is 0.567. The van der Waals surface area contributed by atoms with E-state index in [0.717, 1.165) is 30.2 Å². The maximum absolute atomic E-state index is 10.7. The minimum absolute atomic E-state index is 0. The van der Waals surface area contributed by atoms with Gasteiger partial charge in [0.05, 0.1) is 9.85 Å². The third-order valence-electron chi connectivity index (χ3n) is 6.39. The van der Waals surface area contributed by atoms with E-state index in [4.69, 9.17) is 15.8 Å². The molecule has 0 heterocycles. The zero-order chi connectivity index (χ0) is 31.5. The molecule has 0 bridgehead atoms. The van der Waals surface area contributed by atoms with Crippen molar-refractivity contribution >= 4 is 39.5 Å². The number of unbranched alkanes of at least 4 members (excludes halogenated alkanes) is 2. The van der Waals surface area contributed by atoms with Crippen molar-refractivity contribution in [2.24, 2.45) is 11.8 Å². The minimum Gasteiger partial charge on any atom is -1.00 e. The predicted molar refractivity (Wildman–Crippen MR) is 168 cm³/mol. The molecule has 0 aliphatic carbocycles. The normalized spacial score (nSPS) is 10.7. The van der Waals surface area contributed by atoms with Crippen molar-refractivity contribution in [2.45, 2.75) is 91.9 Å². The van der Waals surface area contributed by atoms with Crippen LogP contribution in [0.3, 0.4) is 0 Å². The first-order chi connectivity index (χ1) is 19.6. The van der Waals surface area contributed by atoms with Crippen molar-refractivity contribution in [3.8, 4) is 0 Å². The molecule has 10 nitrogen and oxygen atoms in total. The molecule has 2 aromatic rings. The molecular formula is C30H48BrK2N3O7. The molecule has 0 amide bonds. The number of alkyl halides is 1. The number of nitrogens with zero attached hydrogens (tertiary/aromatic N) is 2. The zero-order valence-electron chi connectivity index (χ0n) is 27.8. The largest absolute Gasteiger partial charge is 1.00 e. The van der Waals surface area contributed by atoms with E-state index in [0.29, 0.717) is 5.69 Å². The van der Waals surface area contributed by atoms with Crippen LogP contribution in [-0.4, -0.2) is 21.6 Å². The van der Waals surface area contributed by atoms with E-state index in [9.17, 15) is 20.2 Å². The van der Waals surface area contributed by atoms with Crippen LogP contribution >= 0.6 is 15.9 Å². The van der Waals surface area contributed by atoms with Gasteiger partial charge in [-0.05, 0) is 42.7 Å². The number of aryl methyl sites for hydroxylation is 1. The zero-order valence-corrected chi connectivity index (χ0v) is 34.7. The first-order valence-electron chi connectivity index (χ1n) is 14.1. The van der Waals surface area contributed by atoms with Gasteiger partial charge in [-0.25, -0.2) is 0 Å². The molecule has 2 N–H and O–H groups in total. The molecule has 0 radical (unpaired) electrons. The van der Waals surface area contributed by atoms with Crippen molar-refractivity contribution < 1.29 is 129 Å². The Labute approximate surface area is 352 Å². The number of benzene rings is 2. The Morgan fingerprint density at radius 1 is 0.860 bits per heavy atom. The van der Waals surface area contributed by atoms with E-state index in [1.807, 2.05) is 6.07 Å². The molecule has 43 heavy (non-hydrogen) atoms. The number of hydrogen-bond donors (Lipinski definition) is 1. The summed E-state index contributed by atoms with van der Waals surface area (Å²) in [5.41, 5.74) is 7.02. The number of nitro benzene ring substituents is 2. The molecule has 2 unspecified atom stereocenters. The summed E-state index contributed by atoms with van der Waals surface area (Å²) in [7, 11) is 0. The molecular weight excluding hydrogens is 672 g/mol. The van der Waals surface area contributed by atoms with Crippen LogP contribution in [0, 0.1) is 32.1 Å². The summed E-state index contributed by atoms with van der Waals surface area (Å²) < 4.78 is 0. The van der Waals surface area contributed by atoms with E-state index < -0.39 is 4.92 Å². The third kappa shape index (κ3) is 29.4. The number of anilines is 1. The van der Waals surface area contributed by atoms with Crippen LogP contribution in [0.1, 0.15) is 92.5 Å². The van der Waals surface area contributed by atoms with Crippen molar-refractivity contribution in [1.82, 2.24) is 0 Å². The van der Waals surface area contributed by atoms with Gasteiger partial charge < -0.3 is 17.3 Å². The Morgan fingerprint density at radius 3 is 1.70 bits per heavy atom. The first kappa shape index (κ1) is 50.1. The summed E-state index contributed by atoms with van der Waals surface area (Å²) >= 11 is 3.51. The Morgan fingerprint density at radius 2 is 1.33 bits per heavy atom. The van der Waals surface area contributed by atoms with Crippen LogP contribution in [0.4, 0.5) is 17.1 Å². The van der Waals surface area contributed by atoms with Gasteiger partial charge in [0, 0.05) is 35.3 Å². The van der Waals surface area contributed by atoms with Crippen LogP contribution < -0.4 is 114 Å². The molecule has 0 aromatic heterocycles. The Bertz CT molecular complexity index is 978. The second-order valence-electron chi connectivity index (χ2n) is 9.50. The van der Waals surface area contributed by atoms with Crippen LogP contribution in [-0.2, 0) is 16.1 Å². The molecule has 0 aliphatic heterocycles. The van der Waals surface area contributed by atoms with Crippen molar-refractivity contribution in [2.75, 3.05) is 11.1 Å². The molecule has 0 spiro atoms. The van der Waals surface area contributed by atoms with Crippen molar-refractivity contribution in [3.63, 3.8) is 0 Å². The van der Waals surface area contributed by atoms with Gasteiger partial charge in [-0.3, -0.25) is 25.0 Å². The molecule has 13 heteroatoms. The monoisotopic (exact) mass is 719 g/mol. The van der Waals surface area contributed by atoms with Crippen molar-refractivity contribution in [1.29, 1.82) is 0 Å². The maximum Gasteiger partial charge on any atom is 1.00 e. The smallest absolute Gasteiger partial charge is 1.00 e. The molecule has 0 fully saturated rings. The standard InChI is InChI=1S/C15H23NO2.C8H17Br.C6H6N2O2.CH2O3.2K.H/c1-3-5-7-13(4-2)10-11-14-8-6-9-15(12-14)16(17)18;1-3-5-6-8(4-2)7-9;7-5-2-1-3-6(4-5)8(9)10;2-1-4-3;;;/h6,8-9,12-13H,3-5,7,10-11H2,1-2H3;8H,3-7H2,1-2H3;1-4H,7H2;1,3H;;;/q;;;;2*+1;-1/p-1. The van der Waals surface area contributed by atoms with Gasteiger partial charge in [-0.1, -0.05) is 107 Å². The average Bonchev–Trinajstić information content (AvgIpc) is 2.98. The van der Waals surface area contributed by atoms with Gasteiger partial charge in [0.25, 0.3) is 17.8 Å². The molecule has 0 saturated carbocycles. The Hall–Kier alpha value is 0.223. The van der Waals surface area contributed by atoms with E-state index >= 15 is 0 Å². The molecule has 2 rings (SSSR count). The van der Waals surface area contributed by atoms with E-state index in [-0.39, 0.29) is 127 Å². The topological polar surface area (TPSA) is 162 Å². The fourth-order valence-electron chi connectivity index (χ4n) is 3.76. The predicted octanol–water partition coefficient (Wildman–Crippen LogP) is 2.07. The second-order valence-corrected chi connectivity index (χ2v) is 10.1. The third-order valence-corrected chi connectivity index (χ3v) is 7.30. The molecule has 0 aliphatic rings. The average molecular weight is 721 g/mol. The number of rotatable bonds is 15. The number of nitrogen functional groups attached to an aromatic ring is 1. The van der Waals surface area contributed by atoms with Gasteiger partial charge in [0.15, 0.2) is 0 Å². The molecule has 234 valence electrons. The Kier molecular flexibility index (Phi) is 40.9. The van der Waals surface area contributed by atoms with Gasteiger partial charge in [-0.15, -0.1) is 0 Å². The molecule has 0 saturated heterocycles. The fourth-order valence-corrected chi connectivity index (χ4v) is 4.54. The number of halogens is 1. The van der Waals surface area contributed by atoms with Gasteiger partial charge in [0.1, 0.15) is 0 Å². The van der Waals surface area contributed by atoms with Crippen LogP contribution in [0.5, 0.6) is 0 Å². The summed E-state index contributed by atoms with van der Waals surface area (Å²) in [6.45, 7) is 8.78. The van der Waals surface area contributed by atoms with Gasteiger partial charge in [0.2, 0.25) is 0 Å². The number of carbonyl (C=O) groups excluding carboxylic acids is 1. The summed E-state index contributed by atoms with van der Waals surface area (Å²) in [6, 6.07) is 12.9. The summed E-state index contributed by atoms with van der Waals surface area (Å²) in [6.07, 6.45) is 12.6. The van der Waals surface area contributed by atoms with E-state index in [1.165, 1.54) is 68.8 Å². The second kappa shape index (κ2) is 35.1. The summed E-state index contributed by atoms with van der Waals surface area (Å²) in [5, 5.41) is 30.4. The van der Waals surface area contributed by atoms with Gasteiger partial charge in [-0.2, -0.15) is 0 Å². The molecule has 2 atom stereocenters. The number of carbonyl (C=O) groups is 1. The van der Waals surface area contributed by atoms with Crippen LogP contribution in [0.25, 0.3) is 0 Å². The van der Waals surface area contributed by atoms with E-state index in [1.54, 1.807) is 30.3 Å². The van der Waals surface area contributed by atoms with Crippen molar-refractivity contribution in [3.05, 3.63) is 74.3 Å².